The fourth-order valence-electron chi connectivity index (χ4n) is 1.83. The maximum Gasteiger partial charge on any atom is 0.0471 e. The highest BCUT2D eigenvalue weighted by atomic mass is 16.2. The number of anilines is 2. The van der Waals surface area contributed by atoms with Gasteiger partial charge in [-0.2, -0.15) is 0 Å². The summed E-state index contributed by atoms with van der Waals surface area (Å²) in [6.45, 7) is 0.945. The highest BCUT2D eigenvalue weighted by Gasteiger charge is 1.96. The molecule has 18 heavy (non-hydrogen) atoms. The molecule has 2 rings (SSSR count). The van der Waals surface area contributed by atoms with Crippen molar-refractivity contribution in [1.29, 1.82) is 0 Å². The van der Waals surface area contributed by atoms with E-state index in [1.165, 1.54) is 0 Å². The van der Waals surface area contributed by atoms with Crippen LogP contribution in [0.5, 0.6) is 0 Å². The number of nitrogens with two attached hydrogens (primary N) is 1. The van der Waals surface area contributed by atoms with Crippen molar-refractivity contribution in [2.24, 2.45) is 0 Å². The van der Waals surface area contributed by atoms with Crippen LogP contribution in [-0.2, 0) is 13.0 Å². The Morgan fingerprint density at radius 1 is 1.00 bits per heavy atom. The van der Waals surface area contributed by atoms with Gasteiger partial charge in [0.05, 0.1) is 0 Å². The smallest absolute Gasteiger partial charge is 0.0471 e. The molecule has 0 spiro atoms. The second kappa shape index (κ2) is 6.07. The molecule has 3 heteroatoms. The Hall–Kier alpha value is -2.00. The van der Waals surface area contributed by atoms with Gasteiger partial charge in [0.15, 0.2) is 0 Å². The Balaban J connectivity index is 1.93. The van der Waals surface area contributed by atoms with Gasteiger partial charge in [-0.15, -0.1) is 0 Å². The summed E-state index contributed by atoms with van der Waals surface area (Å²) < 4.78 is 0. The van der Waals surface area contributed by atoms with E-state index in [2.05, 4.69) is 5.32 Å². The van der Waals surface area contributed by atoms with Crippen molar-refractivity contribution in [2.75, 3.05) is 17.7 Å². The Kier molecular flexibility index (Phi) is 4.20. The summed E-state index contributed by atoms with van der Waals surface area (Å²) >= 11 is 0. The van der Waals surface area contributed by atoms with E-state index in [-0.39, 0.29) is 6.61 Å². The molecule has 0 unspecified atom stereocenters. The van der Waals surface area contributed by atoms with Crippen LogP contribution >= 0.6 is 0 Å². The molecular weight excluding hydrogens is 224 g/mol. The minimum absolute atomic E-state index is 0.191. The first-order chi connectivity index (χ1) is 8.78. The van der Waals surface area contributed by atoms with Crippen LogP contribution in [0.4, 0.5) is 11.4 Å². The van der Waals surface area contributed by atoms with Gasteiger partial charge in [0.2, 0.25) is 0 Å². The van der Waals surface area contributed by atoms with Gasteiger partial charge in [0.25, 0.3) is 0 Å². The molecule has 0 atom stereocenters. The van der Waals surface area contributed by atoms with E-state index in [9.17, 15) is 0 Å². The molecule has 0 aliphatic heterocycles. The summed E-state index contributed by atoms with van der Waals surface area (Å²) in [6.07, 6.45) is 0.704. The summed E-state index contributed by atoms with van der Waals surface area (Å²) in [7, 11) is 0. The van der Waals surface area contributed by atoms with Crippen LogP contribution in [-0.4, -0.2) is 11.7 Å². The van der Waals surface area contributed by atoms with E-state index in [0.29, 0.717) is 6.42 Å². The lowest BCUT2D eigenvalue weighted by Crippen LogP contribution is -2.00. The molecule has 2 aromatic rings. The first kappa shape index (κ1) is 12.5. The molecule has 3 nitrogen and oxygen atoms in total. The average Bonchev–Trinajstić information content (AvgIpc) is 2.38. The molecule has 0 radical (unpaired) electrons. The molecule has 0 saturated heterocycles. The molecular formula is C15H18N2O. The molecule has 0 aromatic heterocycles. The Bertz CT molecular complexity index is 494. The fourth-order valence-corrected chi connectivity index (χ4v) is 1.83. The zero-order valence-corrected chi connectivity index (χ0v) is 10.3. The quantitative estimate of drug-likeness (QED) is 0.706. The number of nitrogen functional groups attached to an aromatic ring is 1. The zero-order valence-electron chi connectivity index (χ0n) is 10.3. The largest absolute Gasteiger partial charge is 0.399 e. The van der Waals surface area contributed by atoms with Crippen LogP contribution < -0.4 is 11.1 Å². The van der Waals surface area contributed by atoms with Crippen molar-refractivity contribution in [3.05, 3.63) is 59.7 Å². The number of hydrogen-bond acceptors (Lipinski definition) is 3. The number of aliphatic hydroxyl groups is 1. The van der Waals surface area contributed by atoms with E-state index in [1.807, 2.05) is 48.5 Å². The molecule has 0 saturated carbocycles. The lowest BCUT2D eigenvalue weighted by Gasteiger charge is -2.08. The van der Waals surface area contributed by atoms with E-state index in [1.54, 1.807) is 0 Å². The van der Waals surface area contributed by atoms with Crippen molar-refractivity contribution in [3.63, 3.8) is 0 Å². The lowest BCUT2D eigenvalue weighted by atomic mass is 10.1. The predicted octanol–water partition coefficient (Wildman–Crippen LogP) is 2.42. The summed E-state index contributed by atoms with van der Waals surface area (Å²) in [5.41, 5.74) is 9.89. The first-order valence-electron chi connectivity index (χ1n) is 6.06. The fraction of sp³-hybridized carbons (Fsp3) is 0.200. The van der Waals surface area contributed by atoms with Gasteiger partial charge in [0.1, 0.15) is 0 Å². The highest BCUT2D eigenvalue weighted by Crippen LogP contribution is 2.13. The normalized spacial score (nSPS) is 10.3. The third-order valence-corrected chi connectivity index (χ3v) is 2.80. The van der Waals surface area contributed by atoms with Crippen LogP contribution in [0.3, 0.4) is 0 Å². The van der Waals surface area contributed by atoms with Gasteiger partial charge < -0.3 is 16.2 Å². The molecule has 0 heterocycles. The molecule has 2 aromatic carbocycles. The van der Waals surface area contributed by atoms with Gasteiger partial charge >= 0.3 is 0 Å². The highest BCUT2D eigenvalue weighted by molar-refractivity contribution is 5.47. The zero-order chi connectivity index (χ0) is 12.8. The Morgan fingerprint density at radius 2 is 1.78 bits per heavy atom. The van der Waals surface area contributed by atoms with E-state index in [0.717, 1.165) is 29.0 Å². The topological polar surface area (TPSA) is 58.3 Å². The molecule has 0 aliphatic carbocycles. The lowest BCUT2D eigenvalue weighted by molar-refractivity contribution is 0.299. The monoisotopic (exact) mass is 242 g/mol. The van der Waals surface area contributed by atoms with Crippen LogP contribution in [0.2, 0.25) is 0 Å². The Labute approximate surface area is 107 Å². The number of rotatable bonds is 5. The third-order valence-electron chi connectivity index (χ3n) is 2.80. The minimum Gasteiger partial charge on any atom is -0.399 e. The number of aliphatic hydroxyl groups excluding tert-OH is 1. The van der Waals surface area contributed by atoms with Crippen molar-refractivity contribution >= 4 is 11.4 Å². The molecule has 0 bridgehead atoms. The van der Waals surface area contributed by atoms with Crippen LogP contribution in [0.25, 0.3) is 0 Å². The second-order valence-corrected chi connectivity index (χ2v) is 4.27. The van der Waals surface area contributed by atoms with Gasteiger partial charge in [0, 0.05) is 24.5 Å². The number of nitrogens with one attached hydrogen (secondary N) is 1. The van der Waals surface area contributed by atoms with Gasteiger partial charge in [-0.1, -0.05) is 24.3 Å². The van der Waals surface area contributed by atoms with Crippen molar-refractivity contribution < 1.29 is 5.11 Å². The van der Waals surface area contributed by atoms with Gasteiger partial charge in [-0.3, -0.25) is 0 Å². The van der Waals surface area contributed by atoms with Crippen LogP contribution in [0.1, 0.15) is 11.1 Å². The maximum absolute atomic E-state index is 8.84. The van der Waals surface area contributed by atoms with E-state index < -0.39 is 0 Å². The van der Waals surface area contributed by atoms with E-state index in [4.69, 9.17) is 10.8 Å². The van der Waals surface area contributed by atoms with Crippen LogP contribution in [0.15, 0.2) is 48.5 Å². The summed E-state index contributed by atoms with van der Waals surface area (Å²) in [5, 5.41) is 12.2. The molecule has 94 valence electrons. The van der Waals surface area contributed by atoms with Crippen molar-refractivity contribution in [3.8, 4) is 0 Å². The predicted molar refractivity (Wildman–Crippen MR) is 75.4 cm³/mol. The van der Waals surface area contributed by atoms with Crippen LogP contribution in [0, 0.1) is 0 Å². The number of hydrogen-bond donors (Lipinski definition) is 3. The third kappa shape index (κ3) is 3.50. The minimum atomic E-state index is 0.191. The SMILES string of the molecule is Nc1cccc(CNc2ccc(CCO)cc2)c1. The van der Waals surface area contributed by atoms with Gasteiger partial charge in [-0.25, -0.2) is 0 Å². The Morgan fingerprint density at radius 3 is 2.44 bits per heavy atom. The number of benzene rings is 2. The summed E-state index contributed by atoms with van der Waals surface area (Å²) in [6, 6.07) is 15.9. The molecule has 0 amide bonds. The average molecular weight is 242 g/mol. The molecule has 0 fully saturated rings. The first-order valence-corrected chi connectivity index (χ1v) is 6.06. The molecule has 0 aliphatic rings. The standard InChI is InChI=1S/C15H18N2O/c16-14-3-1-2-13(10-14)11-17-15-6-4-12(5-7-15)8-9-18/h1-7,10,17-18H,8-9,11,16H2. The van der Waals surface area contributed by atoms with Crippen molar-refractivity contribution in [1.82, 2.24) is 0 Å². The summed E-state index contributed by atoms with van der Waals surface area (Å²) in [4.78, 5) is 0. The maximum atomic E-state index is 8.84. The van der Waals surface area contributed by atoms with E-state index >= 15 is 0 Å². The summed E-state index contributed by atoms with van der Waals surface area (Å²) in [5.74, 6) is 0. The second-order valence-electron chi connectivity index (χ2n) is 4.27. The van der Waals surface area contributed by atoms with Crippen molar-refractivity contribution in [2.45, 2.75) is 13.0 Å². The molecule has 4 N–H and O–H groups in total. The van der Waals surface area contributed by atoms with Gasteiger partial charge in [-0.05, 0) is 41.8 Å².